The Kier molecular flexibility index (Phi) is 4.74. The number of hydrogen-bond donors (Lipinski definition) is 1. The summed E-state index contributed by atoms with van der Waals surface area (Å²) in [6.07, 6.45) is -0.902. The first-order valence-corrected chi connectivity index (χ1v) is 4.69. The molecule has 0 aliphatic heterocycles. The molecular formula is C9H10N4O4. The summed E-state index contributed by atoms with van der Waals surface area (Å²) in [6, 6.07) is 5.46. The van der Waals surface area contributed by atoms with E-state index in [4.69, 9.17) is 10.3 Å². The second-order valence-corrected chi connectivity index (χ2v) is 3.13. The summed E-state index contributed by atoms with van der Waals surface area (Å²) in [6.45, 7) is -0.125. The van der Waals surface area contributed by atoms with Crippen LogP contribution in [0.3, 0.4) is 0 Å². The summed E-state index contributed by atoms with van der Waals surface area (Å²) >= 11 is 0. The lowest BCUT2D eigenvalue weighted by atomic mass is 10.3. The molecule has 90 valence electrons. The summed E-state index contributed by atoms with van der Waals surface area (Å²) in [4.78, 5) is 12.4. The molecule has 1 rings (SSSR count). The first-order valence-electron chi connectivity index (χ1n) is 4.69. The van der Waals surface area contributed by atoms with Crippen LogP contribution in [0.1, 0.15) is 0 Å². The van der Waals surface area contributed by atoms with Crippen molar-refractivity contribution in [3.8, 4) is 5.75 Å². The molecule has 0 amide bonds. The Bertz CT molecular complexity index is 427. The molecule has 0 radical (unpaired) electrons. The van der Waals surface area contributed by atoms with E-state index in [1.54, 1.807) is 0 Å². The monoisotopic (exact) mass is 238 g/mol. The van der Waals surface area contributed by atoms with Gasteiger partial charge in [-0.05, 0) is 17.7 Å². The molecule has 0 fully saturated rings. The molecule has 1 atom stereocenters. The molecule has 0 saturated heterocycles. The highest BCUT2D eigenvalue weighted by atomic mass is 16.6. The smallest absolute Gasteiger partial charge is 0.269 e. The van der Waals surface area contributed by atoms with Crippen molar-refractivity contribution in [2.75, 3.05) is 13.2 Å². The highest BCUT2D eigenvalue weighted by Crippen LogP contribution is 2.17. The maximum absolute atomic E-state index is 10.4. The second kappa shape index (κ2) is 6.31. The molecule has 0 aliphatic carbocycles. The zero-order valence-corrected chi connectivity index (χ0v) is 8.76. The summed E-state index contributed by atoms with van der Waals surface area (Å²) in [5.41, 5.74) is 7.99. The number of nitro groups is 1. The normalized spacial score (nSPS) is 11.4. The molecule has 0 unspecified atom stereocenters. The number of hydrogen-bond acceptors (Lipinski definition) is 5. The highest BCUT2D eigenvalue weighted by Gasteiger charge is 2.06. The molecule has 1 N–H and O–H groups in total. The number of benzene rings is 1. The van der Waals surface area contributed by atoms with Crippen molar-refractivity contribution in [2.24, 2.45) is 5.11 Å². The second-order valence-electron chi connectivity index (χ2n) is 3.13. The molecule has 1 aromatic rings. The molecule has 0 bridgehead atoms. The van der Waals surface area contributed by atoms with E-state index in [9.17, 15) is 15.2 Å². The zero-order chi connectivity index (χ0) is 12.7. The van der Waals surface area contributed by atoms with E-state index in [-0.39, 0.29) is 18.8 Å². The van der Waals surface area contributed by atoms with E-state index in [2.05, 4.69) is 10.0 Å². The van der Waals surface area contributed by atoms with Crippen LogP contribution in [0.4, 0.5) is 5.69 Å². The van der Waals surface area contributed by atoms with Crippen LogP contribution in [0.5, 0.6) is 5.75 Å². The number of nitro benzene ring substituents is 1. The van der Waals surface area contributed by atoms with Crippen molar-refractivity contribution in [3.63, 3.8) is 0 Å². The Labute approximate surface area is 96.2 Å². The van der Waals surface area contributed by atoms with Crippen molar-refractivity contribution in [2.45, 2.75) is 6.10 Å². The fourth-order valence-corrected chi connectivity index (χ4v) is 1.04. The van der Waals surface area contributed by atoms with Gasteiger partial charge in [0, 0.05) is 17.0 Å². The molecule has 8 nitrogen and oxygen atoms in total. The highest BCUT2D eigenvalue weighted by molar-refractivity contribution is 5.35. The van der Waals surface area contributed by atoms with E-state index in [1.165, 1.54) is 24.3 Å². The van der Waals surface area contributed by atoms with Gasteiger partial charge in [-0.2, -0.15) is 0 Å². The fraction of sp³-hybridized carbons (Fsp3) is 0.333. The fourth-order valence-electron chi connectivity index (χ4n) is 1.04. The SMILES string of the molecule is [N-]=[N+]=NC[C@@H](O)COc1ccc([N+](=O)[O-])cc1. The van der Waals surface area contributed by atoms with Gasteiger partial charge in [-0.1, -0.05) is 5.11 Å². The average molecular weight is 238 g/mol. The molecule has 0 aliphatic rings. The van der Waals surface area contributed by atoms with E-state index in [0.717, 1.165) is 0 Å². The van der Waals surface area contributed by atoms with Crippen LogP contribution in [-0.4, -0.2) is 29.3 Å². The maximum atomic E-state index is 10.4. The Morgan fingerprint density at radius 2 is 2.18 bits per heavy atom. The number of azide groups is 1. The maximum Gasteiger partial charge on any atom is 0.269 e. The third kappa shape index (κ3) is 4.37. The summed E-state index contributed by atoms with van der Waals surface area (Å²) in [7, 11) is 0. The lowest BCUT2D eigenvalue weighted by Gasteiger charge is -2.09. The summed E-state index contributed by atoms with van der Waals surface area (Å²) < 4.78 is 5.14. The molecular weight excluding hydrogens is 228 g/mol. The lowest BCUT2D eigenvalue weighted by molar-refractivity contribution is -0.384. The Morgan fingerprint density at radius 3 is 2.71 bits per heavy atom. The third-order valence-corrected chi connectivity index (χ3v) is 1.85. The summed E-state index contributed by atoms with van der Waals surface area (Å²) in [5.74, 6) is 0.399. The van der Waals surface area contributed by atoms with Crippen LogP contribution in [0.2, 0.25) is 0 Å². The van der Waals surface area contributed by atoms with Crippen molar-refractivity contribution in [1.29, 1.82) is 0 Å². The van der Waals surface area contributed by atoms with Crippen LogP contribution < -0.4 is 4.74 Å². The van der Waals surface area contributed by atoms with Gasteiger partial charge in [0.25, 0.3) is 5.69 Å². The molecule has 0 saturated carbocycles. The van der Waals surface area contributed by atoms with E-state index in [0.29, 0.717) is 5.75 Å². The van der Waals surface area contributed by atoms with Gasteiger partial charge >= 0.3 is 0 Å². The van der Waals surface area contributed by atoms with Crippen molar-refractivity contribution < 1.29 is 14.8 Å². The van der Waals surface area contributed by atoms with Gasteiger partial charge in [0.05, 0.1) is 17.6 Å². The number of nitrogens with zero attached hydrogens (tertiary/aromatic N) is 4. The minimum Gasteiger partial charge on any atom is -0.491 e. The number of non-ortho nitro benzene ring substituents is 1. The minimum absolute atomic E-state index is 0.0352. The Morgan fingerprint density at radius 1 is 1.53 bits per heavy atom. The van der Waals surface area contributed by atoms with Crippen molar-refractivity contribution in [1.82, 2.24) is 0 Å². The van der Waals surface area contributed by atoms with E-state index < -0.39 is 11.0 Å². The predicted octanol–water partition coefficient (Wildman–Crippen LogP) is 1.64. The van der Waals surface area contributed by atoms with Crippen LogP contribution in [-0.2, 0) is 0 Å². The van der Waals surface area contributed by atoms with Crippen molar-refractivity contribution >= 4 is 5.69 Å². The van der Waals surface area contributed by atoms with Crippen LogP contribution >= 0.6 is 0 Å². The van der Waals surface area contributed by atoms with Gasteiger partial charge in [0.15, 0.2) is 0 Å². The van der Waals surface area contributed by atoms with Gasteiger partial charge in [0.1, 0.15) is 12.4 Å². The molecule has 0 heterocycles. The first-order chi connectivity index (χ1) is 8.13. The van der Waals surface area contributed by atoms with Gasteiger partial charge < -0.3 is 9.84 Å². The van der Waals surface area contributed by atoms with Crippen LogP contribution in [0, 0.1) is 10.1 Å². The lowest BCUT2D eigenvalue weighted by Crippen LogP contribution is -2.20. The first kappa shape index (κ1) is 12.8. The standard InChI is InChI=1S/C9H10N4O4/c10-12-11-5-8(14)6-17-9-3-1-7(2-4-9)13(15)16/h1-4,8,14H,5-6H2/t8-/m1/s1. The van der Waals surface area contributed by atoms with Gasteiger partial charge in [-0.3, -0.25) is 10.1 Å². The van der Waals surface area contributed by atoms with Gasteiger partial charge in [0.2, 0.25) is 0 Å². The van der Waals surface area contributed by atoms with Gasteiger partial charge in [-0.15, -0.1) is 0 Å². The molecule has 0 aromatic heterocycles. The van der Waals surface area contributed by atoms with Crippen molar-refractivity contribution in [3.05, 3.63) is 44.8 Å². The third-order valence-electron chi connectivity index (χ3n) is 1.85. The topological polar surface area (TPSA) is 121 Å². The largest absolute Gasteiger partial charge is 0.491 e. The number of aliphatic hydroxyl groups is 1. The average Bonchev–Trinajstić information content (AvgIpc) is 2.34. The predicted molar refractivity (Wildman–Crippen MR) is 58.6 cm³/mol. The zero-order valence-electron chi connectivity index (χ0n) is 8.76. The van der Waals surface area contributed by atoms with Gasteiger partial charge in [-0.25, -0.2) is 0 Å². The van der Waals surface area contributed by atoms with E-state index >= 15 is 0 Å². The number of ether oxygens (including phenoxy) is 1. The molecule has 17 heavy (non-hydrogen) atoms. The molecule has 0 spiro atoms. The number of rotatable bonds is 6. The minimum atomic E-state index is -0.902. The molecule has 8 heteroatoms. The Hall–Kier alpha value is -2.31. The van der Waals surface area contributed by atoms with E-state index in [1.807, 2.05) is 0 Å². The van der Waals surface area contributed by atoms with Crippen LogP contribution in [0.25, 0.3) is 10.4 Å². The quantitative estimate of drug-likeness (QED) is 0.266. The van der Waals surface area contributed by atoms with Crippen LogP contribution in [0.15, 0.2) is 29.4 Å². The summed E-state index contributed by atoms with van der Waals surface area (Å²) in [5, 5.41) is 22.8. The Balaban J connectivity index is 2.46. The number of aliphatic hydroxyl groups excluding tert-OH is 1. The molecule has 1 aromatic carbocycles.